The van der Waals surface area contributed by atoms with E-state index in [1.54, 1.807) is 30.7 Å². The average Bonchev–Trinajstić information content (AvgIpc) is 3.27. The fraction of sp³-hybridized carbons (Fsp3) is 0.174. The van der Waals surface area contributed by atoms with Gasteiger partial charge in [-0.15, -0.1) is 0 Å². The van der Waals surface area contributed by atoms with E-state index in [4.69, 9.17) is 10.5 Å². The molecule has 0 fully saturated rings. The second-order valence-corrected chi connectivity index (χ2v) is 8.06. The predicted octanol–water partition coefficient (Wildman–Crippen LogP) is 4.21. The Morgan fingerprint density at radius 2 is 1.84 bits per heavy atom. The number of carbonyl (C=O) groups is 1. The molecule has 0 aliphatic carbocycles. The molecule has 4 aromatic rings. The lowest BCUT2D eigenvalue weighted by molar-refractivity contribution is 0.1000. The number of hydrogen-bond donors (Lipinski definition) is 1. The van der Waals surface area contributed by atoms with Crippen molar-refractivity contribution in [2.75, 3.05) is 0 Å². The first-order chi connectivity index (χ1) is 15.0. The Hall–Kier alpha value is -3.65. The van der Waals surface area contributed by atoms with Gasteiger partial charge in [0, 0.05) is 53.8 Å². The molecule has 3 aromatic heterocycles. The van der Waals surface area contributed by atoms with Gasteiger partial charge in [-0.2, -0.15) is 0 Å². The van der Waals surface area contributed by atoms with Crippen molar-refractivity contribution in [1.29, 1.82) is 0 Å². The summed E-state index contributed by atoms with van der Waals surface area (Å²) in [5, 5.41) is 2.31. The van der Waals surface area contributed by atoms with Crippen LogP contribution in [0.5, 0.6) is 10.9 Å². The molecule has 31 heavy (non-hydrogen) atoms. The van der Waals surface area contributed by atoms with Crippen molar-refractivity contribution < 1.29 is 9.53 Å². The first-order valence-corrected chi connectivity index (χ1v) is 10.6. The minimum absolute atomic E-state index is 0.145. The molecule has 3 heterocycles. The summed E-state index contributed by atoms with van der Waals surface area (Å²) >= 11 is 1.37. The monoisotopic (exact) mass is 431 g/mol. The fourth-order valence-corrected chi connectivity index (χ4v) is 3.73. The Balaban J connectivity index is 1.78. The molecule has 1 unspecified atom stereocenters. The normalized spacial score (nSPS) is 11.8. The van der Waals surface area contributed by atoms with Crippen LogP contribution in [0.1, 0.15) is 44.5 Å². The van der Waals surface area contributed by atoms with Gasteiger partial charge in [-0.3, -0.25) is 9.78 Å². The Labute approximate surface area is 184 Å². The minimum atomic E-state index is -0.529. The van der Waals surface area contributed by atoms with E-state index in [1.807, 2.05) is 43.6 Å². The number of nitrogens with zero attached hydrogens (tertiary/aromatic N) is 4. The second-order valence-electron chi connectivity index (χ2n) is 7.20. The number of primary amides is 1. The summed E-state index contributed by atoms with van der Waals surface area (Å²) in [6, 6.07) is 9.34. The van der Waals surface area contributed by atoms with E-state index >= 15 is 0 Å². The van der Waals surface area contributed by atoms with Gasteiger partial charge < -0.3 is 10.5 Å². The van der Waals surface area contributed by atoms with Crippen LogP contribution in [-0.2, 0) is 6.42 Å². The molecule has 4 rings (SSSR count). The Morgan fingerprint density at radius 3 is 2.48 bits per heavy atom. The molecule has 1 aromatic carbocycles. The maximum atomic E-state index is 12.0. The molecule has 7 nitrogen and oxygen atoms in total. The van der Waals surface area contributed by atoms with Gasteiger partial charge in [0.05, 0.1) is 0 Å². The van der Waals surface area contributed by atoms with Crippen LogP contribution in [0.25, 0.3) is 0 Å². The van der Waals surface area contributed by atoms with Crippen LogP contribution in [0.15, 0.2) is 60.5 Å². The summed E-state index contributed by atoms with van der Waals surface area (Å²) < 4.78 is 5.87. The third kappa shape index (κ3) is 5.10. The number of aryl methyl sites for hydroxylation is 2. The predicted molar refractivity (Wildman–Crippen MR) is 118 cm³/mol. The highest BCUT2D eigenvalue weighted by atomic mass is 32.1. The second kappa shape index (κ2) is 9.01. The van der Waals surface area contributed by atoms with Crippen LogP contribution in [0, 0.1) is 13.8 Å². The van der Waals surface area contributed by atoms with Gasteiger partial charge in [0.15, 0.2) is 0 Å². The molecule has 0 aliphatic heterocycles. The van der Waals surface area contributed by atoms with Crippen LogP contribution < -0.4 is 10.5 Å². The van der Waals surface area contributed by atoms with E-state index in [0.29, 0.717) is 28.8 Å². The molecule has 0 spiro atoms. The maximum absolute atomic E-state index is 12.0. The van der Waals surface area contributed by atoms with Gasteiger partial charge in [-0.05, 0) is 54.8 Å². The van der Waals surface area contributed by atoms with Crippen LogP contribution in [0.3, 0.4) is 0 Å². The number of ether oxygens (including phenoxy) is 1. The zero-order chi connectivity index (χ0) is 21.8. The third-order valence-electron chi connectivity index (χ3n) is 4.82. The maximum Gasteiger partial charge on any atom is 0.278 e. The van der Waals surface area contributed by atoms with E-state index in [1.165, 1.54) is 11.3 Å². The van der Waals surface area contributed by atoms with Crippen molar-refractivity contribution in [2.24, 2.45) is 5.73 Å². The van der Waals surface area contributed by atoms with Gasteiger partial charge in [0.1, 0.15) is 11.6 Å². The standard InChI is InChI=1S/C23H21N5O2S/c1-14-3-4-19(28-11-14)10-21(18-12-26-15(2)27-13-18)16-7-17(22(24)29)9-20(8-16)30-23-25-5-6-31-23/h3-9,11-13,21H,10H2,1-2H3,(H2,24,29). The lowest BCUT2D eigenvalue weighted by Gasteiger charge is -2.19. The molecule has 0 saturated heterocycles. The number of amides is 1. The summed E-state index contributed by atoms with van der Waals surface area (Å²) in [6.07, 6.45) is 7.72. The van der Waals surface area contributed by atoms with Gasteiger partial charge in [-0.25, -0.2) is 15.0 Å². The summed E-state index contributed by atoms with van der Waals surface area (Å²) in [7, 11) is 0. The van der Waals surface area contributed by atoms with Crippen molar-refractivity contribution in [2.45, 2.75) is 26.2 Å². The molecule has 1 amide bonds. The number of thiazole rings is 1. The fourth-order valence-electron chi connectivity index (χ4n) is 3.23. The highest BCUT2D eigenvalue weighted by molar-refractivity contribution is 7.11. The number of aromatic nitrogens is 4. The molecule has 0 saturated carbocycles. The van der Waals surface area contributed by atoms with Crippen molar-refractivity contribution in [3.8, 4) is 10.9 Å². The topological polar surface area (TPSA) is 104 Å². The van der Waals surface area contributed by atoms with Gasteiger partial charge in [0.25, 0.3) is 5.19 Å². The van der Waals surface area contributed by atoms with E-state index in [-0.39, 0.29) is 5.92 Å². The van der Waals surface area contributed by atoms with Crippen LogP contribution >= 0.6 is 11.3 Å². The highest BCUT2D eigenvalue weighted by Gasteiger charge is 2.20. The number of pyridine rings is 1. The van der Waals surface area contributed by atoms with Crippen LogP contribution in [-0.4, -0.2) is 25.8 Å². The first-order valence-electron chi connectivity index (χ1n) is 9.70. The van der Waals surface area contributed by atoms with Crippen molar-refractivity contribution in [3.05, 3.63) is 94.3 Å². The molecule has 8 heteroatoms. The lowest BCUT2D eigenvalue weighted by atomic mass is 9.87. The largest absolute Gasteiger partial charge is 0.431 e. The third-order valence-corrected chi connectivity index (χ3v) is 5.47. The van der Waals surface area contributed by atoms with Crippen molar-refractivity contribution >= 4 is 17.2 Å². The Kier molecular flexibility index (Phi) is 5.99. The summed E-state index contributed by atoms with van der Waals surface area (Å²) in [6.45, 7) is 3.84. The molecular weight excluding hydrogens is 410 g/mol. The van der Waals surface area contributed by atoms with E-state index in [0.717, 1.165) is 22.4 Å². The first kappa shape index (κ1) is 20.6. The quantitative estimate of drug-likeness (QED) is 0.470. The van der Waals surface area contributed by atoms with E-state index < -0.39 is 5.91 Å². The molecule has 0 bridgehead atoms. The SMILES string of the molecule is Cc1ccc(CC(c2cnc(C)nc2)c2cc(Oc3nccs3)cc(C(N)=O)c2)nc1. The van der Waals surface area contributed by atoms with Crippen molar-refractivity contribution in [3.63, 3.8) is 0 Å². The van der Waals surface area contributed by atoms with Crippen molar-refractivity contribution in [1.82, 2.24) is 19.9 Å². The molecule has 1 atom stereocenters. The van der Waals surface area contributed by atoms with E-state index in [9.17, 15) is 4.79 Å². The molecule has 0 aliphatic rings. The molecule has 2 N–H and O–H groups in total. The number of rotatable bonds is 7. The number of hydrogen-bond acceptors (Lipinski definition) is 7. The van der Waals surface area contributed by atoms with Crippen LogP contribution in [0.4, 0.5) is 0 Å². The molecule has 156 valence electrons. The van der Waals surface area contributed by atoms with E-state index in [2.05, 4.69) is 19.9 Å². The van der Waals surface area contributed by atoms with Gasteiger partial charge >= 0.3 is 0 Å². The van der Waals surface area contributed by atoms with Gasteiger partial charge in [-0.1, -0.05) is 17.4 Å². The Bertz CT molecular complexity index is 1180. The number of nitrogens with two attached hydrogens (primary N) is 1. The lowest BCUT2D eigenvalue weighted by Crippen LogP contribution is -2.14. The summed E-state index contributed by atoms with van der Waals surface area (Å²) in [4.78, 5) is 29.5. The van der Waals surface area contributed by atoms with Gasteiger partial charge in [0.2, 0.25) is 5.91 Å². The summed E-state index contributed by atoms with van der Waals surface area (Å²) in [5.74, 6) is 0.512. The van der Waals surface area contributed by atoms with Crippen LogP contribution in [0.2, 0.25) is 0 Å². The zero-order valence-electron chi connectivity index (χ0n) is 17.1. The molecular formula is C23H21N5O2S. The minimum Gasteiger partial charge on any atom is -0.431 e. The molecule has 0 radical (unpaired) electrons. The highest BCUT2D eigenvalue weighted by Crippen LogP contribution is 2.33. The Morgan fingerprint density at radius 1 is 1.03 bits per heavy atom. The zero-order valence-corrected chi connectivity index (χ0v) is 18.0. The smallest absolute Gasteiger partial charge is 0.278 e. The number of carbonyl (C=O) groups excluding carboxylic acids is 1. The number of benzene rings is 1. The average molecular weight is 432 g/mol. The summed E-state index contributed by atoms with van der Waals surface area (Å²) in [5.41, 5.74) is 9.75.